The first-order valence-electron chi connectivity index (χ1n) is 17.4. The first kappa shape index (κ1) is 36.7. The number of benzene rings is 4. The van der Waals surface area contributed by atoms with Gasteiger partial charge in [-0.25, -0.2) is 14.5 Å². The number of cyclic esters (lactones) is 1. The minimum atomic E-state index is -2.19. The van der Waals surface area contributed by atoms with Gasteiger partial charge in [-0.15, -0.1) is 0 Å². The number of carbonyl (C=O) groups excluding carboxylic acids is 4. The van der Waals surface area contributed by atoms with E-state index >= 15 is 4.79 Å². The lowest BCUT2D eigenvalue weighted by Gasteiger charge is -2.46. The summed E-state index contributed by atoms with van der Waals surface area (Å²) < 4.78 is 16.7. The average molecular weight is 745 g/mol. The lowest BCUT2D eigenvalue weighted by molar-refractivity contribution is -0.179. The second-order valence-corrected chi connectivity index (χ2v) is 13.2. The topological polar surface area (TPSA) is 198 Å². The highest BCUT2D eigenvalue weighted by molar-refractivity contribution is 6.23. The number of rotatable bonds is 8. The molecule has 0 aromatic heterocycles. The number of fused-ring (bicyclic) bond motifs is 3. The van der Waals surface area contributed by atoms with E-state index in [0.717, 1.165) is 4.90 Å². The van der Waals surface area contributed by atoms with Crippen molar-refractivity contribution in [3.8, 4) is 17.6 Å². The minimum absolute atomic E-state index is 0.0227. The SMILES string of the molecule is COCCOC(=O)N1C(=O)[C@@]2(c3cc(C#CCNC(N)=O)ccc31)[C@H](c1ccc(O)cc1)N1[C@H](c3ccccc3)[C@H](c3ccccc3)OC(=O)[C@H]1[C@@H]2C(=O)O. The third-order valence-corrected chi connectivity index (χ3v) is 10.2. The maximum Gasteiger partial charge on any atom is 0.421 e. The number of anilines is 1. The largest absolute Gasteiger partial charge is 0.508 e. The van der Waals surface area contributed by atoms with Gasteiger partial charge in [-0.05, 0) is 52.6 Å². The van der Waals surface area contributed by atoms with Crippen LogP contribution in [0.25, 0.3) is 0 Å². The summed E-state index contributed by atoms with van der Waals surface area (Å²) in [6.07, 6.45) is -2.04. The zero-order chi connectivity index (χ0) is 38.9. The number of carbonyl (C=O) groups is 5. The molecular weight excluding hydrogens is 708 g/mol. The highest BCUT2D eigenvalue weighted by atomic mass is 16.6. The molecule has 6 atom stereocenters. The quantitative estimate of drug-likeness (QED) is 0.116. The predicted molar refractivity (Wildman–Crippen MR) is 195 cm³/mol. The molecule has 4 amide bonds. The van der Waals surface area contributed by atoms with Crippen LogP contribution in [0.2, 0.25) is 0 Å². The van der Waals surface area contributed by atoms with E-state index in [9.17, 15) is 29.4 Å². The van der Waals surface area contributed by atoms with Crippen LogP contribution in [-0.2, 0) is 34.0 Å². The molecule has 14 heteroatoms. The molecule has 4 aromatic rings. The van der Waals surface area contributed by atoms with Crippen molar-refractivity contribution in [2.24, 2.45) is 11.7 Å². The molecule has 3 heterocycles. The van der Waals surface area contributed by atoms with Gasteiger partial charge in [-0.1, -0.05) is 84.6 Å². The molecule has 3 aliphatic rings. The van der Waals surface area contributed by atoms with Crippen LogP contribution in [0.1, 0.15) is 46.0 Å². The van der Waals surface area contributed by atoms with Crippen LogP contribution in [0.5, 0.6) is 5.75 Å². The number of aliphatic carboxylic acids is 1. The van der Waals surface area contributed by atoms with E-state index in [0.29, 0.717) is 22.3 Å². The molecule has 4 aromatic carbocycles. The Hall–Kier alpha value is -6.69. The van der Waals surface area contributed by atoms with Gasteiger partial charge in [0.15, 0.2) is 0 Å². The molecule has 55 heavy (non-hydrogen) atoms. The molecule has 0 bridgehead atoms. The summed E-state index contributed by atoms with van der Waals surface area (Å²) in [5.41, 5.74) is 5.13. The number of carboxylic acid groups (broad SMARTS) is 1. The van der Waals surface area contributed by atoms with Crippen LogP contribution in [-0.4, -0.2) is 78.0 Å². The Morgan fingerprint density at radius 3 is 2.20 bits per heavy atom. The van der Waals surface area contributed by atoms with E-state index in [1.165, 1.54) is 37.4 Å². The molecule has 14 nitrogen and oxygen atoms in total. The summed E-state index contributed by atoms with van der Waals surface area (Å²) in [6, 6.07) is 24.1. The van der Waals surface area contributed by atoms with Gasteiger partial charge in [0.25, 0.3) is 0 Å². The summed E-state index contributed by atoms with van der Waals surface area (Å²) >= 11 is 0. The number of urea groups is 1. The number of methoxy groups -OCH3 is 1. The van der Waals surface area contributed by atoms with Gasteiger partial charge in [0.05, 0.1) is 30.9 Å². The summed E-state index contributed by atoms with van der Waals surface area (Å²) in [5.74, 6) is 0.457. The number of carboxylic acids is 1. The number of phenolic OH excluding ortho intramolecular Hbond substituents is 1. The van der Waals surface area contributed by atoms with Gasteiger partial charge in [0.1, 0.15) is 35.8 Å². The Bertz CT molecular complexity index is 2200. The Kier molecular flexibility index (Phi) is 9.98. The number of nitrogens with two attached hydrogens (primary N) is 1. The van der Waals surface area contributed by atoms with Crippen molar-refractivity contribution < 1.29 is 48.4 Å². The highest BCUT2D eigenvalue weighted by Crippen LogP contribution is 2.66. The van der Waals surface area contributed by atoms with Crippen LogP contribution >= 0.6 is 0 Å². The molecular formula is C41H36N4O10. The lowest BCUT2D eigenvalue weighted by atomic mass is 9.65. The predicted octanol–water partition coefficient (Wildman–Crippen LogP) is 3.95. The number of esters is 1. The molecule has 3 aliphatic heterocycles. The number of hydrogen-bond acceptors (Lipinski definition) is 10. The van der Waals surface area contributed by atoms with E-state index < -0.39 is 65.5 Å². The first-order chi connectivity index (χ1) is 26.6. The molecule has 7 rings (SSSR count). The number of imide groups is 1. The third-order valence-electron chi connectivity index (χ3n) is 10.2. The molecule has 1 spiro atoms. The van der Waals surface area contributed by atoms with E-state index in [4.69, 9.17) is 19.9 Å². The zero-order valence-corrected chi connectivity index (χ0v) is 29.5. The van der Waals surface area contributed by atoms with E-state index in [-0.39, 0.29) is 36.8 Å². The zero-order valence-electron chi connectivity index (χ0n) is 29.5. The van der Waals surface area contributed by atoms with Crippen molar-refractivity contribution in [3.63, 3.8) is 0 Å². The number of morpholine rings is 1. The fourth-order valence-corrected chi connectivity index (χ4v) is 8.16. The fourth-order valence-electron chi connectivity index (χ4n) is 8.16. The van der Waals surface area contributed by atoms with Gasteiger partial charge in [0, 0.05) is 12.7 Å². The number of hydrogen-bond donors (Lipinski definition) is 4. The summed E-state index contributed by atoms with van der Waals surface area (Å²) in [7, 11) is 1.42. The van der Waals surface area contributed by atoms with Crippen LogP contribution in [0.3, 0.4) is 0 Å². The second-order valence-electron chi connectivity index (χ2n) is 13.2. The molecule has 0 radical (unpaired) electrons. The van der Waals surface area contributed by atoms with Crippen LogP contribution in [0.15, 0.2) is 103 Å². The lowest BCUT2D eigenvalue weighted by Crippen LogP contribution is -2.53. The number of nitrogens with one attached hydrogen (secondary N) is 1. The highest BCUT2D eigenvalue weighted by Gasteiger charge is 2.76. The maximum atomic E-state index is 15.5. The number of amides is 4. The van der Waals surface area contributed by atoms with Crippen LogP contribution < -0.4 is 16.0 Å². The van der Waals surface area contributed by atoms with E-state index in [2.05, 4.69) is 17.2 Å². The Morgan fingerprint density at radius 2 is 1.56 bits per heavy atom. The van der Waals surface area contributed by atoms with E-state index in [1.807, 2.05) is 36.4 Å². The first-order valence-corrected chi connectivity index (χ1v) is 17.4. The van der Waals surface area contributed by atoms with Gasteiger partial charge in [0.2, 0.25) is 5.91 Å². The van der Waals surface area contributed by atoms with Crippen molar-refractivity contribution >= 4 is 35.7 Å². The van der Waals surface area contributed by atoms with Crippen LogP contribution in [0, 0.1) is 17.8 Å². The molecule has 0 aliphatic carbocycles. The summed E-state index contributed by atoms with van der Waals surface area (Å²) in [6.45, 7) is -0.296. The van der Waals surface area contributed by atoms with Crippen molar-refractivity contribution in [1.29, 1.82) is 0 Å². The van der Waals surface area contributed by atoms with Crippen molar-refractivity contribution in [1.82, 2.24) is 10.2 Å². The van der Waals surface area contributed by atoms with Crippen molar-refractivity contribution in [3.05, 3.63) is 131 Å². The normalized spacial score (nSPS) is 23.9. The minimum Gasteiger partial charge on any atom is -0.508 e. The molecule has 2 fully saturated rings. The summed E-state index contributed by atoms with van der Waals surface area (Å²) in [4.78, 5) is 71.7. The summed E-state index contributed by atoms with van der Waals surface area (Å²) in [5, 5.41) is 24.1. The van der Waals surface area contributed by atoms with Gasteiger partial charge >= 0.3 is 24.1 Å². The van der Waals surface area contributed by atoms with Gasteiger partial charge < -0.3 is 35.5 Å². The second kappa shape index (κ2) is 15.0. The molecule has 5 N–H and O–H groups in total. The van der Waals surface area contributed by atoms with Crippen LogP contribution in [0.4, 0.5) is 15.3 Å². The molecule has 0 saturated carbocycles. The Labute approximate surface area is 315 Å². The number of primary amides is 1. The molecule has 0 unspecified atom stereocenters. The number of nitrogens with zero attached hydrogens (tertiary/aromatic N) is 2. The van der Waals surface area contributed by atoms with Gasteiger partial charge in [-0.3, -0.25) is 19.3 Å². The van der Waals surface area contributed by atoms with Crippen molar-refractivity contribution in [2.45, 2.75) is 29.6 Å². The monoisotopic (exact) mass is 744 g/mol. The maximum absolute atomic E-state index is 15.5. The van der Waals surface area contributed by atoms with Crippen molar-refractivity contribution in [2.75, 3.05) is 31.8 Å². The smallest absolute Gasteiger partial charge is 0.421 e. The fraction of sp³-hybridized carbons (Fsp3) is 0.244. The molecule has 280 valence electrons. The number of ether oxygens (including phenoxy) is 3. The third kappa shape index (κ3) is 6.29. The standard InChI is InChI=1S/C41H36N4O10/c1-53-21-22-54-40(52)44-30-19-14-24(9-8-20-43-39(42)51)23-29(30)41(38(44)50)31(36(47)48)33-37(49)55-34(26-12-6-3-7-13-26)32(25-10-4-2-5-11-25)45(33)35(41)27-15-17-28(46)18-16-27/h2-7,10-19,23,31-35,46H,20-22H2,1H3,(H,47,48)(H3,42,43,51)/t31-,32-,33-,34+,35+,41-/m1/s1. The Balaban J connectivity index is 1.54. The number of phenols is 1. The molecule has 2 saturated heterocycles. The van der Waals surface area contributed by atoms with Gasteiger partial charge in [-0.2, -0.15) is 0 Å². The van der Waals surface area contributed by atoms with E-state index in [1.54, 1.807) is 41.3 Å². The average Bonchev–Trinajstić information content (AvgIpc) is 3.64. The number of aromatic hydroxyl groups is 1. The Morgan fingerprint density at radius 1 is 0.891 bits per heavy atom.